The summed E-state index contributed by atoms with van der Waals surface area (Å²) < 4.78 is 1.74. The number of nitrogen functional groups attached to an aromatic ring is 1. The molecule has 0 radical (unpaired) electrons. The molecule has 0 saturated heterocycles. The summed E-state index contributed by atoms with van der Waals surface area (Å²) in [5.41, 5.74) is 10.1. The van der Waals surface area contributed by atoms with Gasteiger partial charge in [-0.25, -0.2) is 9.67 Å². The van der Waals surface area contributed by atoms with Crippen molar-refractivity contribution < 1.29 is 0 Å². The lowest BCUT2D eigenvalue weighted by Crippen LogP contribution is -2.02. The van der Waals surface area contributed by atoms with Crippen LogP contribution in [-0.2, 0) is 0 Å². The fourth-order valence-electron chi connectivity index (χ4n) is 3.13. The molecule has 4 aromatic rings. The van der Waals surface area contributed by atoms with Crippen LogP contribution in [0.1, 0.15) is 11.3 Å². The molecule has 0 saturated carbocycles. The lowest BCUT2D eigenvalue weighted by atomic mass is 9.97. The van der Waals surface area contributed by atoms with Gasteiger partial charge in [-0.3, -0.25) is 0 Å². The molecule has 5 nitrogen and oxygen atoms in total. The van der Waals surface area contributed by atoms with Crippen LogP contribution in [0.2, 0.25) is 5.02 Å². The highest BCUT2D eigenvalue weighted by Gasteiger charge is 2.22. The molecule has 26 heavy (non-hydrogen) atoms. The van der Waals surface area contributed by atoms with Gasteiger partial charge in [-0.2, -0.15) is 10.4 Å². The first-order chi connectivity index (χ1) is 12.6. The summed E-state index contributed by atoms with van der Waals surface area (Å²) >= 11 is 6.42. The first-order valence-corrected chi connectivity index (χ1v) is 8.39. The second kappa shape index (κ2) is 6.17. The number of anilines is 1. The normalized spacial score (nSPS) is 10.8. The van der Waals surface area contributed by atoms with Gasteiger partial charge in [0.15, 0.2) is 5.65 Å². The molecule has 2 N–H and O–H groups in total. The van der Waals surface area contributed by atoms with Gasteiger partial charge in [0.2, 0.25) is 0 Å². The number of aromatic nitrogens is 3. The van der Waals surface area contributed by atoms with Gasteiger partial charge < -0.3 is 5.73 Å². The smallest absolute Gasteiger partial charge is 0.166 e. The van der Waals surface area contributed by atoms with Gasteiger partial charge in [0.1, 0.15) is 17.5 Å². The van der Waals surface area contributed by atoms with E-state index in [1.807, 2.05) is 55.5 Å². The van der Waals surface area contributed by atoms with Crippen molar-refractivity contribution in [3.63, 3.8) is 0 Å². The molecule has 0 spiro atoms. The Hall–Kier alpha value is -3.36. The molecule has 0 aliphatic rings. The Morgan fingerprint density at radius 3 is 2.46 bits per heavy atom. The molecule has 2 aromatic heterocycles. The van der Waals surface area contributed by atoms with Crippen molar-refractivity contribution in [3.05, 3.63) is 70.9 Å². The molecule has 2 aromatic carbocycles. The van der Waals surface area contributed by atoms with E-state index in [2.05, 4.69) is 16.2 Å². The van der Waals surface area contributed by atoms with Crippen molar-refractivity contribution in [3.8, 4) is 22.9 Å². The van der Waals surface area contributed by atoms with Gasteiger partial charge in [0.25, 0.3) is 0 Å². The van der Waals surface area contributed by atoms with Gasteiger partial charge in [0, 0.05) is 16.1 Å². The molecule has 0 atom stereocenters. The molecular formula is C20H14ClN5. The number of para-hydroxylation sites is 1. The number of pyridine rings is 1. The van der Waals surface area contributed by atoms with Crippen molar-refractivity contribution in [1.82, 2.24) is 14.8 Å². The molecule has 0 unspecified atom stereocenters. The minimum absolute atomic E-state index is 0.159. The van der Waals surface area contributed by atoms with E-state index in [0.29, 0.717) is 21.8 Å². The molecule has 6 heteroatoms. The summed E-state index contributed by atoms with van der Waals surface area (Å²) in [5.74, 6) is 0.159. The fraction of sp³-hybridized carbons (Fsp3) is 0.0500. The molecule has 0 amide bonds. The maximum atomic E-state index is 9.69. The van der Waals surface area contributed by atoms with E-state index >= 15 is 0 Å². The van der Waals surface area contributed by atoms with Crippen LogP contribution in [0.4, 0.5) is 5.82 Å². The highest BCUT2D eigenvalue weighted by atomic mass is 35.5. The van der Waals surface area contributed by atoms with Crippen LogP contribution in [0.15, 0.2) is 54.6 Å². The minimum atomic E-state index is 0.159. The number of hydrogen-bond acceptors (Lipinski definition) is 4. The molecule has 0 aliphatic heterocycles. The molecule has 4 rings (SSSR count). The number of fused-ring (bicyclic) bond motifs is 1. The van der Waals surface area contributed by atoms with Crippen LogP contribution in [0, 0.1) is 18.3 Å². The van der Waals surface area contributed by atoms with E-state index < -0.39 is 0 Å². The highest BCUT2D eigenvalue weighted by Crippen LogP contribution is 2.39. The molecule has 126 valence electrons. The zero-order chi connectivity index (χ0) is 18.3. The summed E-state index contributed by atoms with van der Waals surface area (Å²) in [6, 6.07) is 19.2. The summed E-state index contributed by atoms with van der Waals surface area (Å²) in [7, 11) is 0. The molecule has 0 bridgehead atoms. The summed E-state index contributed by atoms with van der Waals surface area (Å²) in [6.45, 7) is 1.89. The predicted molar refractivity (Wildman–Crippen MR) is 103 cm³/mol. The van der Waals surface area contributed by atoms with Crippen molar-refractivity contribution in [1.29, 1.82) is 5.26 Å². The van der Waals surface area contributed by atoms with E-state index in [9.17, 15) is 5.26 Å². The average Bonchev–Trinajstić information content (AvgIpc) is 2.98. The van der Waals surface area contributed by atoms with Crippen LogP contribution >= 0.6 is 11.6 Å². The molecule has 2 heterocycles. The quantitative estimate of drug-likeness (QED) is 0.571. The Morgan fingerprint density at radius 1 is 1.08 bits per heavy atom. The highest BCUT2D eigenvalue weighted by molar-refractivity contribution is 6.34. The van der Waals surface area contributed by atoms with Crippen molar-refractivity contribution in [2.24, 2.45) is 0 Å². The third-order valence-electron chi connectivity index (χ3n) is 4.27. The van der Waals surface area contributed by atoms with Crippen LogP contribution < -0.4 is 5.73 Å². The lowest BCUT2D eigenvalue weighted by molar-refractivity contribution is 0.878. The Bertz CT molecular complexity index is 1170. The van der Waals surface area contributed by atoms with E-state index in [0.717, 1.165) is 22.3 Å². The number of hydrogen-bond donors (Lipinski definition) is 1. The first kappa shape index (κ1) is 16.1. The van der Waals surface area contributed by atoms with E-state index in [1.165, 1.54) is 0 Å². The Balaban J connectivity index is 2.16. The van der Waals surface area contributed by atoms with E-state index in [1.54, 1.807) is 10.7 Å². The maximum Gasteiger partial charge on any atom is 0.166 e. The van der Waals surface area contributed by atoms with Crippen LogP contribution in [0.3, 0.4) is 0 Å². The number of rotatable bonds is 2. The zero-order valence-corrected chi connectivity index (χ0v) is 14.7. The maximum absolute atomic E-state index is 9.69. The zero-order valence-electron chi connectivity index (χ0n) is 13.9. The topological polar surface area (TPSA) is 80.5 Å². The van der Waals surface area contributed by atoms with Crippen molar-refractivity contribution >= 4 is 28.5 Å². The lowest BCUT2D eigenvalue weighted by Gasteiger charge is -2.11. The SMILES string of the molecule is Cc1nn(-c2ccccc2)c2nc(N)c(C#N)c(-c3ccccc3Cl)c12. The van der Waals surface area contributed by atoms with Gasteiger partial charge in [-0.1, -0.05) is 48.0 Å². The third kappa shape index (κ3) is 2.40. The van der Waals surface area contributed by atoms with E-state index in [4.69, 9.17) is 17.3 Å². The predicted octanol–water partition coefficient (Wildman–Crippen LogP) is 4.50. The Morgan fingerprint density at radius 2 is 1.77 bits per heavy atom. The number of nitrogens with two attached hydrogens (primary N) is 1. The second-order valence-electron chi connectivity index (χ2n) is 5.87. The van der Waals surface area contributed by atoms with Gasteiger partial charge in [-0.05, 0) is 25.1 Å². The fourth-order valence-corrected chi connectivity index (χ4v) is 3.36. The largest absolute Gasteiger partial charge is 0.383 e. The van der Waals surface area contributed by atoms with Crippen molar-refractivity contribution in [2.45, 2.75) is 6.92 Å². The van der Waals surface area contributed by atoms with Crippen LogP contribution in [-0.4, -0.2) is 14.8 Å². The average molecular weight is 360 g/mol. The summed E-state index contributed by atoms with van der Waals surface area (Å²) in [4.78, 5) is 4.47. The Labute approximate surface area is 155 Å². The van der Waals surface area contributed by atoms with Crippen LogP contribution in [0.5, 0.6) is 0 Å². The molecule has 0 fully saturated rings. The van der Waals surface area contributed by atoms with E-state index in [-0.39, 0.29) is 5.82 Å². The number of aryl methyl sites for hydroxylation is 1. The van der Waals surface area contributed by atoms with Gasteiger partial charge >= 0.3 is 0 Å². The Kier molecular flexibility index (Phi) is 3.83. The number of benzene rings is 2. The summed E-state index contributed by atoms with van der Waals surface area (Å²) in [5, 5.41) is 15.6. The molecular weight excluding hydrogens is 346 g/mol. The van der Waals surface area contributed by atoms with Gasteiger partial charge in [0.05, 0.1) is 16.8 Å². The number of nitrogens with zero attached hydrogens (tertiary/aromatic N) is 4. The summed E-state index contributed by atoms with van der Waals surface area (Å²) in [6.07, 6.45) is 0. The monoisotopic (exact) mass is 359 g/mol. The van der Waals surface area contributed by atoms with Crippen molar-refractivity contribution in [2.75, 3.05) is 5.73 Å². The van der Waals surface area contributed by atoms with Crippen LogP contribution in [0.25, 0.3) is 27.8 Å². The number of nitriles is 1. The minimum Gasteiger partial charge on any atom is -0.383 e. The molecule has 0 aliphatic carbocycles. The first-order valence-electron chi connectivity index (χ1n) is 8.01. The second-order valence-corrected chi connectivity index (χ2v) is 6.28. The standard InChI is InChI=1S/C20H14ClN5/c1-12-17-18(14-9-5-6-10-16(14)21)15(11-22)19(23)24-20(17)26(25-12)13-7-3-2-4-8-13/h2-10H,1H3,(H2,23,24). The third-order valence-corrected chi connectivity index (χ3v) is 4.60. The van der Waals surface area contributed by atoms with Gasteiger partial charge in [-0.15, -0.1) is 0 Å². The number of halogens is 1.